The number of carbonyl (C=O) groups excluding carboxylic acids is 1. The van der Waals surface area contributed by atoms with Crippen LogP contribution in [0.2, 0.25) is 0 Å². The fraction of sp³-hybridized carbons (Fsp3) is 0.929. The maximum atomic E-state index is 12.0. The third-order valence-electron chi connectivity index (χ3n) is 4.99. The summed E-state index contributed by atoms with van der Waals surface area (Å²) in [5.41, 5.74) is 5.28. The first kappa shape index (κ1) is 14.8. The van der Waals surface area contributed by atoms with Gasteiger partial charge in [-0.05, 0) is 32.5 Å². The SMILES string of the molecule is CCN(CC)CCNC1(C(N)=O)CCN2CCC1C2. The highest BCUT2D eigenvalue weighted by atomic mass is 16.1. The van der Waals surface area contributed by atoms with Crippen molar-refractivity contribution in [3.05, 3.63) is 0 Å². The van der Waals surface area contributed by atoms with Gasteiger partial charge in [0.15, 0.2) is 0 Å². The molecule has 0 aromatic heterocycles. The number of fused-ring (bicyclic) bond motifs is 2. The Morgan fingerprint density at radius 1 is 1.42 bits per heavy atom. The van der Waals surface area contributed by atoms with Crippen LogP contribution in [0.4, 0.5) is 0 Å². The summed E-state index contributed by atoms with van der Waals surface area (Å²) in [5.74, 6) is 0.244. The summed E-state index contributed by atoms with van der Waals surface area (Å²) in [6.45, 7) is 11.4. The first-order valence-electron chi connectivity index (χ1n) is 7.62. The summed E-state index contributed by atoms with van der Waals surface area (Å²) in [6.07, 6.45) is 1.96. The molecule has 2 aliphatic rings. The van der Waals surface area contributed by atoms with E-state index in [-0.39, 0.29) is 5.91 Å². The van der Waals surface area contributed by atoms with Gasteiger partial charge in [-0.3, -0.25) is 4.79 Å². The first-order chi connectivity index (χ1) is 9.12. The van der Waals surface area contributed by atoms with Gasteiger partial charge in [-0.25, -0.2) is 0 Å². The third kappa shape index (κ3) is 2.93. The average Bonchev–Trinajstić information content (AvgIpc) is 2.81. The summed E-state index contributed by atoms with van der Waals surface area (Å²) in [5, 5.41) is 3.52. The van der Waals surface area contributed by atoms with Crippen molar-refractivity contribution in [2.75, 3.05) is 45.8 Å². The van der Waals surface area contributed by atoms with Gasteiger partial charge in [-0.2, -0.15) is 0 Å². The predicted molar refractivity (Wildman–Crippen MR) is 76.9 cm³/mol. The Hall–Kier alpha value is -0.650. The van der Waals surface area contributed by atoms with Crippen molar-refractivity contribution < 1.29 is 4.79 Å². The second kappa shape index (κ2) is 6.20. The number of carbonyl (C=O) groups is 1. The number of amides is 1. The van der Waals surface area contributed by atoms with Crippen LogP contribution in [0.15, 0.2) is 0 Å². The third-order valence-corrected chi connectivity index (χ3v) is 4.99. The summed E-state index contributed by atoms with van der Waals surface area (Å²) in [6, 6.07) is 0. The second-order valence-corrected chi connectivity index (χ2v) is 5.83. The molecule has 3 atom stereocenters. The summed E-state index contributed by atoms with van der Waals surface area (Å²) < 4.78 is 0. The van der Waals surface area contributed by atoms with Gasteiger partial charge in [0.1, 0.15) is 5.54 Å². The highest BCUT2D eigenvalue weighted by Gasteiger charge is 2.49. The molecule has 2 aliphatic heterocycles. The summed E-state index contributed by atoms with van der Waals surface area (Å²) in [4.78, 5) is 16.8. The lowest BCUT2D eigenvalue weighted by atomic mass is 9.78. The fourth-order valence-electron chi connectivity index (χ4n) is 3.60. The molecular weight excluding hydrogens is 240 g/mol. The van der Waals surface area contributed by atoms with Crippen molar-refractivity contribution in [1.82, 2.24) is 15.1 Å². The highest BCUT2D eigenvalue weighted by Crippen LogP contribution is 2.35. The van der Waals surface area contributed by atoms with E-state index in [0.29, 0.717) is 5.92 Å². The van der Waals surface area contributed by atoms with Gasteiger partial charge in [0.25, 0.3) is 0 Å². The minimum absolute atomic E-state index is 0.154. The van der Waals surface area contributed by atoms with Crippen molar-refractivity contribution in [2.45, 2.75) is 32.2 Å². The number of nitrogens with zero attached hydrogens (tertiary/aromatic N) is 2. The molecule has 2 saturated heterocycles. The van der Waals surface area contributed by atoms with Crippen molar-refractivity contribution in [2.24, 2.45) is 11.7 Å². The highest BCUT2D eigenvalue weighted by molar-refractivity contribution is 5.85. The van der Waals surface area contributed by atoms with Gasteiger partial charge in [-0.15, -0.1) is 0 Å². The van der Waals surface area contributed by atoms with Crippen LogP contribution in [-0.4, -0.2) is 67.1 Å². The van der Waals surface area contributed by atoms with Crippen molar-refractivity contribution in [1.29, 1.82) is 0 Å². The Morgan fingerprint density at radius 2 is 2.16 bits per heavy atom. The number of hydrogen-bond acceptors (Lipinski definition) is 4. The van der Waals surface area contributed by atoms with Gasteiger partial charge in [0.2, 0.25) is 5.91 Å². The van der Waals surface area contributed by atoms with Crippen LogP contribution in [0.5, 0.6) is 0 Å². The monoisotopic (exact) mass is 268 g/mol. The van der Waals surface area contributed by atoms with Gasteiger partial charge in [0.05, 0.1) is 0 Å². The minimum Gasteiger partial charge on any atom is -0.368 e. The number of piperidine rings is 1. The fourth-order valence-corrected chi connectivity index (χ4v) is 3.60. The van der Waals surface area contributed by atoms with E-state index in [0.717, 1.165) is 58.7 Å². The van der Waals surface area contributed by atoms with Gasteiger partial charge in [-0.1, -0.05) is 13.8 Å². The molecule has 1 amide bonds. The van der Waals surface area contributed by atoms with Gasteiger partial charge >= 0.3 is 0 Å². The molecule has 2 rings (SSSR count). The van der Waals surface area contributed by atoms with Crippen LogP contribution in [0.3, 0.4) is 0 Å². The molecule has 0 spiro atoms. The van der Waals surface area contributed by atoms with E-state index in [2.05, 4.69) is 29.0 Å². The minimum atomic E-state index is -0.458. The van der Waals surface area contributed by atoms with Crippen molar-refractivity contribution in [3.63, 3.8) is 0 Å². The molecule has 2 bridgehead atoms. The van der Waals surface area contributed by atoms with Crippen LogP contribution < -0.4 is 11.1 Å². The summed E-state index contributed by atoms with van der Waals surface area (Å²) in [7, 11) is 0. The van der Waals surface area contributed by atoms with E-state index in [1.807, 2.05) is 0 Å². The number of nitrogens with one attached hydrogen (secondary N) is 1. The Morgan fingerprint density at radius 3 is 2.79 bits per heavy atom. The number of nitrogens with two attached hydrogens (primary N) is 1. The number of hydrogen-bond donors (Lipinski definition) is 2. The van der Waals surface area contributed by atoms with E-state index in [1.54, 1.807) is 0 Å². The normalized spacial score (nSPS) is 33.8. The largest absolute Gasteiger partial charge is 0.368 e. The zero-order valence-corrected chi connectivity index (χ0v) is 12.3. The first-order valence-corrected chi connectivity index (χ1v) is 7.62. The number of primary amides is 1. The zero-order valence-electron chi connectivity index (χ0n) is 12.3. The van der Waals surface area contributed by atoms with E-state index < -0.39 is 5.54 Å². The summed E-state index contributed by atoms with van der Waals surface area (Å²) >= 11 is 0. The predicted octanol–water partition coefficient (Wildman–Crippen LogP) is -0.132. The maximum absolute atomic E-state index is 12.0. The molecule has 2 fully saturated rings. The standard InChI is InChI=1S/C14H28N4O/c1-3-17(4-2)10-7-16-14(13(15)19)6-9-18-8-5-12(14)11-18/h12,16H,3-11H2,1-2H3,(H2,15,19). The molecule has 0 aromatic rings. The lowest BCUT2D eigenvalue weighted by Crippen LogP contribution is -2.64. The zero-order chi connectivity index (χ0) is 13.9. The van der Waals surface area contributed by atoms with Crippen molar-refractivity contribution >= 4 is 5.91 Å². The van der Waals surface area contributed by atoms with Crippen LogP contribution in [0.25, 0.3) is 0 Å². The van der Waals surface area contributed by atoms with Crippen molar-refractivity contribution in [3.8, 4) is 0 Å². The number of rotatable bonds is 7. The molecule has 0 aliphatic carbocycles. The van der Waals surface area contributed by atoms with Crippen LogP contribution >= 0.6 is 0 Å². The second-order valence-electron chi connectivity index (χ2n) is 5.83. The molecule has 5 heteroatoms. The maximum Gasteiger partial charge on any atom is 0.238 e. The van der Waals surface area contributed by atoms with Crippen LogP contribution in [0, 0.1) is 5.92 Å². The Balaban J connectivity index is 1.94. The van der Waals surface area contributed by atoms with Gasteiger partial charge in [0, 0.05) is 32.1 Å². The number of likely N-dealkylation sites (N-methyl/N-ethyl adjacent to an activating group) is 1. The molecule has 110 valence electrons. The lowest BCUT2D eigenvalue weighted by Gasteiger charge is -2.41. The molecule has 0 saturated carbocycles. The molecule has 3 N–H and O–H groups in total. The van der Waals surface area contributed by atoms with E-state index in [1.165, 1.54) is 0 Å². The smallest absolute Gasteiger partial charge is 0.238 e. The van der Waals surface area contributed by atoms with E-state index in [4.69, 9.17) is 5.73 Å². The van der Waals surface area contributed by atoms with E-state index in [9.17, 15) is 4.79 Å². The van der Waals surface area contributed by atoms with Crippen LogP contribution in [0.1, 0.15) is 26.7 Å². The Kier molecular flexibility index (Phi) is 4.81. The van der Waals surface area contributed by atoms with Crippen LogP contribution in [-0.2, 0) is 4.79 Å². The quantitative estimate of drug-likeness (QED) is 0.675. The molecule has 0 radical (unpaired) electrons. The lowest BCUT2D eigenvalue weighted by molar-refractivity contribution is -0.128. The molecular formula is C14H28N4O. The Bertz CT molecular complexity index is 319. The molecule has 0 aromatic carbocycles. The van der Waals surface area contributed by atoms with Gasteiger partial charge < -0.3 is 20.9 Å². The molecule has 3 unspecified atom stereocenters. The molecule has 19 heavy (non-hydrogen) atoms. The Labute approximate surface area is 116 Å². The molecule has 2 heterocycles. The average molecular weight is 268 g/mol. The molecule has 5 nitrogen and oxygen atoms in total. The topological polar surface area (TPSA) is 61.6 Å². The van der Waals surface area contributed by atoms with E-state index >= 15 is 0 Å².